The molecule has 0 aromatic rings. The van der Waals surface area contributed by atoms with Gasteiger partial charge in [-0.05, 0) is 44.1 Å². The van der Waals surface area contributed by atoms with Gasteiger partial charge in [-0.3, -0.25) is 0 Å². The summed E-state index contributed by atoms with van der Waals surface area (Å²) in [7, 11) is 0. The summed E-state index contributed by atoms with van der Waals surface area (Å²) < 4.78 is 6.00. The Morgan fingerprint density at radius 3 is 2.50 bits per heavy atom. The Morgan fingerprint density at radius 1 is 1.00 bits per heavy atom. The second kappa shape index (κ2) is 8.38. The molecule has 5 atom stereocenters. The summed E-state index contributed by atoms with van der Waals surface area (Å²) in [5.74, 6) is 2.58. The summed E-state index contributed by atoms with van der Waals surface area (Å²) in [6.07, 6.45) is 11.3. The van der Waals surface area contributed by atoms with Crippen molar-refractivity contribution in [3.05, 3.63) is 0 Å². The van der Waals surface area contributed by atoms with Crippen molar-refractivity contribution < 1.29 is 4.74 Å². The van der Waals surface area contributed by atoms with Gasteiger partial charge in [-0.25, -0.2) is 0 Å². The first kappa shape index (κ1) is 16.3. The van der Waals surface area contributed by atoms with Crippen LogP contribution in [-0.4, -0.2) is 25.3 Å². The molecule has 1 saturated heterocycles. The number of ether oxygens (including phenoxy) is 1. The van der Waals surface area contributed by atoms with Crippen molar-refractivity contribution in [1.82, 2.24) is 5.32 Å². The minimum absolute atomic E-state index is 0.504. The standard InChI is InChI=1S/C18H35NO/c1-4-12-19-18(16-11-13-20-17(16)6-3)15-10-8-7-9-14(15)5-2/h14-19H,4-13H2,1-3H3. The fourth-order valence-electron chi connectivity index (χ4n) is 4.64. The molecule has 2 heteroatoms. The maximum absolute atomic E-state index is 6.00. The summed E-state index contributed by atoms with van der Waals surface area (Å²) in [5, 5.41) is 3.93. The second-order valence-corrected chi connectivity index (χ2v) is 6.87. The van der Waals surface area contributed by atoms with Gasteiger partial charge in [0.15, 0.2) is 0 Å². The summed E-state index contributed by atoms with van der Waals surface area (Å²) in [5.41, 5.74) is 0. The highest BCUT2D eigenvalue weighted by Gasteiger charge is 2.40. The van der Waals surface area contributed by atoms with Crippen LogP contribution in [0.15, 0.2) is 0 Å². The molecule has 1 saturated carbocycles. The van der Waals surface area contributed by atoms with Gasteiger partial charge in [-0.2, -0.15) is 0 Å². The van der Waals surface area contributed by atoms with Crippen LogP contribution in [-0.2, 0) is 4.74 Å². The van der Waals surface area contributed by atoms with Crippen LogP contribution in [0.3, 0.4) is 0 Å². The Bertz CT molecular complexity index is 268. The van der Waals surface area contributed by atoms with Gasteiger partial charge in [0.05, 0.1) is 6.10 Å². The molecule has 0 radical (unpaired) electrons. The summed E-state index contributed by atoms with van der Waals surface area (Å²) in [6, 6.07) is 0.702. The average Bonchev–Trinajstić information content (AvgIpc) is 2.96. The molecule has 20 heavy (non-hydrogen) atoms. The molecule has 0 bridgehead atoms. The van der Waals surface area contributed by atoms with Gasteiger partial charge in [0.2, 0.25) is 0 Å². The highest BCUT2D eigenvalue weighted by atomic mass is 16.5. The van der Waals surface area contributed by atoms with E-state index in [-0.39, 0.29) is 0 Å². The lowest BCUT2D eigenvalue weighted by Gasteiger charge is -2.41. The molecule has 1 N–H and O–H groups in total. The van der Waals surface area contributed by atoms with E-state index in [0.717, 1.165) is 24.4 Å². The lowest BCUT2D eigenvalue weighted by molar-refractivity contribution is 0.0540. The van der Waals surface area contributed by atoms with E-state index in [1.165, 1.54) is 57.9 Å². The van der Waals surface area contributed by atoms with Gasteiger partial charge in [-0.15, -0.1) is 0 Å². The van der Waals surface area contributed by atoms with Gasteiger partial charge in [-0.1, -0.05) is 46.5 Å². The van der Waals surface area contributed by atoms with E-state index in [0.29, 0.717) is 12.1 Å². The van der Waals surface area contributed by atoms with Gasteiger partial charge < -0.3 is 10.1 Å². The molecule has 0 amide bonds. The van der Waals surface area contributed by atoms with Crippen molar-refractivity contribution in [1.29, 1.82) is 0 Å². The third-order valence-corrected chi connectivity index (χ3v) is 5.71. The van der Waals surface area contributed by atoms with Crippen LogP contribution in [0.1, 0.15) is 72.1 Å². The molecule has 5 unspecified atom stereocenters. The third-order valence-electron chi connectivity index (χ3n) is 5.71. The van der Waals surface area contributed by atoms with E-state index < -0.39 is 0 Å². The molecule has 1 aliphatic carbocycles. The predicted octanol–water partition coefficient (Wildman–Crippen LogP) is 4.39. The molecule has 0 spiro atoms. The molecular weight excluding hydrogens is 246 g/mol. The fourth-order valence-corrected chi connectivity index (χ4v) is 4.64. The van der Waals surface area contributed by atoms with Crippen molar-refractivity contribution in [3.8, 4) is 0 Å². The SMILES string of the molecule is CCCNC(C1CCCCC1CC)C1CCOC1CC. The molecule has 2 aliphatic rings. The van der Waals surface area contributed by atoms with E-state index in [1.807, 2.05) is 0 Å². The van der Waals surface area contributed by atoms with Crippen LogP contribution in [0.25, 0.3) is 0 Å². The van der Waals surface area contributed by atoms with E-state index in [4.69, 9.17) is 4.74 Å². The highest BCUT2D eigenvalue weighted by molar-refractivity contribution is 4.93. The van der Waals surface area contributed by atoms with Crippen LogP contribution in [0.5, 0.6) is 0 Å². The zero-order chi connectivity index (χ0) is 14.4. The zero-order valence-electron chi connectivity index (χ0n) is 13.9. The molecule has 0 aromatic carbocycles. The molecule has 118 valence electrons. The van der Waals surface area contributed by atoms with Crippen LogP contribution in [0.2, 0.25) is 0 Å². The van der Waals surface area contributed by atoms with E-state index in [1.54, 1.807) is 0 Å². The van der Waals surface area contributed by atoms with Gasteiger partial charge in [0.25, 0.3) is 0 Å². The molecule has 2 fully saturated rings. The normalized spacial score (nSPS) is 36.1. The zero-order valence-corrected chi connectivity index (χ0v) is 13.9. The molecule has 1 heterocycles. The van der Waals surface area contributed by atoms with Crippen LogP contribution in [0, 0.1) is 17.8 Å². The Balaban J connectivity index is 2.08. The topological polar surface area (TPSA) is 21.3 Å². The number of hydrogen-bond donors (Lipinski definition) is 1. The van der Waals surface area contributed by atoms with Crippen molar-refractivity contribution >= 4 is 0 Å². The van der Waals surface area contributed by atoms with E-state index >= 15 is 0 Å². The van der Waals surface area contributed by atoms with Crippen molar-refractivity contribution in [3.63, 3.8) is 0 Å². The van der Waals surface area contributed by atoms with Crippen LogP contribution in [0.4, 0.5) is 0 Å². The van der Waals surface area contributed by atoms with Crippen molar-refractivity contribution in [2.75, 3.05) is 13.2 Å². The van der Waals surface area contributed by atoms with Gasteiger partial charge in [0.1, 0.15) is 0 Å². The minimum Gasteiger partial charge on any atom is -0.378 e. The van der Waals surface area contributed by atoms with E-state index in [9.17, 15) is 0 Å². The highest BCUT2D eigenvalue weighted by Crippen LogP contribution is 2.40. The van der Waals surface area contributed by atoms with E-state index in [2.05, 4.69) is 26.1 Å². The van der Waals surface area contributed by atoms with Gasteiger partial charge >= 0.3 is 0 Å². The summed E-state index contributed by atoms with van der Waals surface area (Å²) in [4.78, 5) is 0. The lowest BCUT2D eigenvalue weighted by Crippen LogP contribution is -2.48. The molecule has 2 nitrogen and oxygen atoms in total. The second-order valence-electron chi connectivity index (χ2n) is 6.87. The lowest BCUT2D eigenvalue weighted by atomic mass is 9.69. The first-order valence-electron chi connectivity index (χ1n) is 9.16. The molecule has 2 rings (SSSR count). The van der Waals surface area contributed by atoms with Crippen molar-refractivity contribution in [2.24, 2.45) is 17.8 Å². The monoisotopic (exact) mass is 281 g/mol. The largest absolute Gasteiger partial charge is 0.378 e. The average molecular weight is 281 g/mol. The third kappa shape index (κ3) is 3.76. The Morgan fingerprint density at radius 2 is 1.80 bits per heavy atom. The summed E-state index contributed by atoms with van der Waals surface area (Å²) in [6.45, 7) is 9.12. The quantitative estimate of drug-likeness (QED) is 0.747. The Kier molecular flexibility index (Phi) is 6.83. The minimum atomic E-state index is 0.504. The predicted molar refractivity (Wildman–Crippen MR) is 86.0 cm³/mol. The van der Waals surface area contributed by atoms with Crippen LogP contribution < -0.4 is 5.32 Å². The van der Waals surface area contributed by atoms with Crippen molar-refractivity contribution in [2.45, 2.75) is 84.3 Å². The molecular formula is C18H35NO. The smallest absolute Gasteiger partial charge is 0.0616 e. The number of hydrogen-bond acceptors (Lipinski definition) is 2. The summed E-state index contributed by atoms with van der Waals surface area (Å²) >= 11 is 0. The Hall–Kier alpha value is -0.0800. The molecule has 1 aliphatic heterocycles. The first-order valence-corrected chi connectivity index (χ1v) is 9.16. The number of nitrogens with one attached hydrogen (secondary N) is 1. The molecule has 0 aromatic heterocycles. The Labute approximate surface area is 126 Å². The van der Waals surface area contributed by atoms with Crippen LogP contribution >= 0.6 is 0 Å². The van der Waals surface area contributed by atoms with Gasteiger partial charge in [0, 0.05) is 18.6 Å². The maximum Gasteiger partial charge on any atom is 0.0616 e. The first-order chi connectivity index (χ1) is 9.81. The fraction of sp³-hybridized carbons (Fsp3) is 1.00. The number of rotatable bonds is 7. The maximum atomic E-state index is 6.00.